The zero-order chi connectivity index (χ0) is 31.2. The summed E-state index contributed by atoms with van der Waals surface area (Å²) < 4.78 is 17.7. The zero-order valence-corrected chi connectivity index (χ0v) is 24.9. The Morgan fingerprint density at radius 2 is 1.93 bits per heavy atom. The van der Waals surface area contributed by atoms with Crippen LogP contribution in [0.4, 0.5) is 17.2 Å². The van der Waals surface area contributed by atoms with E-state index in [1.807, 2.05) is 11.1 Å². The van der Waals surface area contributed by atoms with Gasteiger partial charge in [-0.25, -0.2) is 9.78 Å². The lowest BCUT2D eigenvalue weighted by Gasteiger charge is -2.32. The van der Waals surface area contributed by atoms with E-state index in [0.717, 1.165) is 19.3 Å². The molecule has 0 spiro atoms. The predicted molar refractivity (Wildman–Crippen MR) is 163 cm³/mol. The molecule has 2 aliphatic heterocycles. The van der Waals surface area contributed by atoms with E-state index in [1.54, 1.807) is 54.2 Å². The number of benzene rings is 2. The Bertz CT molecular complexity index is 1550. The fourth-order valence-electron chi connectivity index (χ4n) is 5.23. The predicted octanol–water partition coefficient (Wildman–Crippen LogP) is 3.77. The zero-order valence-electron chi connectivity index (χ0n) is 24.9. The molecule has 0 bridgehead atoms. The van der Waals surface area contributed by atoms with Crippen molar-refractivity contribution in [1.29, 1.82) is 0 Å². The maximum Gasteiger partial charge on any atom is 0.337 e. The first-order valence-electron chi connectivity index (χ1n) is 14.4. The number of aliphatic imine (C=N–C) groups is 1. The van der Waals surface area contributed by atoms with Gasteiger partial charge in [0.2, 0.25) is 5.82 Å². The number of hydrogen-bond donors (Lipinski definition) is 3. The third kappa shape index (κ3) is 6.83. The number of carbonyl (C=O) groups excluding carboxylic acids is 3. The van der Waals surface area contributed by atoms with Gasteiger partial charge in [-0.2, -0.15) is 0 Å². The Morgan fingerprint density at radius 3 is 2.68 bits per heavy atom. The molecule has 0 aliphatic carbocycles. The van der Waals surface area contributed by atoms with E-state index in [0.29, 0.717) is 59.2 Å². The van der Waals surface area contributed by atoms with Gasteiger partial charge in [0.1, 0.15) is 12.0 Å². The molecular formula is C31H36N6O7. The van der Waals surface area contributed by atoms with Crippen LogP contribution in [0.25, 0.3) is 0 Å². The lowest BCUT2D eigenvalue weighted by atomic mass is 10.0. The number of aliphatic hydroxyl groups excluding tert-OH is 1. The second-order valence-corrected chi connectivity index (χ2v) is 10.6. The van der Waals surface area contributed by atoms with E-state index in [2.05, 4.69) is 25.3 Å². The van der Waals surface area contributed by atoms with Gasteiger partial charge in [0, 0.05) is 37.8 Å². The summed E-state index contributed by atoms with van der Waals surface area (Å²) in [7, 11) is 4.50. The highest BCUT2D eigenvalue weighted by Crippen LogP contribution is 2.38. The highest BCUT2D eigenvalue weighted by Gasteiger charge is 2.31. The van der Waals surface area contributed by atoms with Gasteiger partial charge in [0.05, 0.1) is 43.7 Å². The highest BCUT2D eigenvalue weighted by atomic mass is 16.5. The molecule has 44 heavy (non-hydrogen) atoms. The Balaban J connectivity index is 1.13. The van der Waals surface area contributed by atoms with Crippen LogP contribution in [0, 0.1) is 0 Å². The normalized spacial score (nSPS) is 16.3. The summed E-state index contributed by atoms with van der Waals surface area (Å²) in [5, 5.41) is 16.2. The van der Waals surface area contributed by atoms with Crippen molar-refractivity contribution in [3.05, 3.63) is 59.5 Å². The lowest BCUT2D eigenvalue weighted by molar-refractivity contribution is 0.0600. The number of nitrogens with one attached hydrogen (secondary N) is 2. The average molecular weight is 605 g/mol. The summed E-state index contributed by atoms with van der Waals surface area (Å²) in [5.74, 6) is 0.408. The molecule has 232 valence electrons. The summed E-state index contributed by atoms with van der Waals surface area (Å²) in [5.41, 5.74) is 1.90. The van der Waals surface area contributed by atoms with Crippen molar-refractivity contribution in [2.45, 2.75) is 44.4 Å². The quantitative estimate of drug-likeness (QED) is 0.168. The van der Waals surface area contributed by atoms with Crippen molar-refractivity contribution in [2.75, 3.05) is 38.0 Å². The van der Waals surface area contributed by atoms with Crippen LogP contribution in [0.15, 0.2) is 47.6 Å². The number of methoxy groups -OCH3 is 2. The Kier molecular flexibility index (Phi) is 9.44. The molecule has 0 saturated carbocycles. The number of imidazole rings is 1. The first-order chi connectivity index (χ1) is 21.3. The van der Waals surface area contributed by atoms with E-state index in [-0.39, 0.29) is 24.4 Å². The van der Waals surface area contributed by atoms with Crippen molar-refractivity contribution < 1.29 is 33.7 Å². The molecule has 1 aromatic heterocycles. The monoisotopic (exact) mass is 604 g/mol. The van der Waals surface area contributed by atoms with Gasteiger partial charge in [0.15, 0.2) is 11.5 Å². The van der Waals surface area contributed by atoms with Crippen LogP contribution in [0.2, 0.25) is 0 Å². The van der Waals surface area contributed by atoms with Crippen molar-refractivity contribution in [1.82, 2.24) is 14.5 Å². The van der Waals surface area contributed by atoms with Crippen molar-refractivity contribution in [2.24, 2.45) is 12.0 Å². The molecule has 3 heterocycles. The van der Waals surface area contributed by atoms with Crippen molar-refractivity contribution in [3.63, 3.8) is 0 Å². The largest absolute Gasteiger partial charge is 0.493 e. The molecule has 2 aliphatic rings. The molecule has 1 saturated heterocycles. The maximum absolute atomic E-state index is 13.2. The summed E-state index contributed by atoms with van der Waals surface area (Å²) >= 11 is 0. The van der Waals surface area contributed by atoms with Gasteiger partial charge in [-0.05, 0) is 62.4 Å². The van der Waals surface area contributed by atoms with Gasteiger partial charge < -0.3 is 39.4 Å². The van der Waals surface area contributed by atoms with Gasteiger partial charge in [-0.1, -0.05) is 0 Å². The van der Waals surface area contributed by atoms with Crippen LogP contribution >= 0.6 is 0 Å². The van der Waals surface area contributed by atoms with Gasteiger partial charge in [0.25, 0.3) is 11.8 Å². The third-order valence-electron chi connectivity index (χ3n) is 7.55. The fourth-order valence-corrected chi connectivity index (χ4v) is 5.23. The minimum Gasteiger partial charge on any atom is -0.493 e. The highest BCUT2D eigenvalue weighted by molar-refractivity contribution is 6.03. The molecule has 1 unspecified atom stereocenters. The molecule has 2 aromatic carbocycles. The average Bonchev–Trinajstić information content (AvgIpc) is 3.34. The molecule has 3 aromatic rings. The van der Waals surface area contributed by atoms with E-state index in [4.69, 9.17) is 9.47 Å². The van der Waals surface area contributed by atoms with E-state index in [9.17, 15) is 19.5 Å². The van der Waals surface area contributed by atoms with E-state index < -0.39 is 18.1 Å². The summed E-state index contributed by atoms with van der Waals surface area (Å²) in [6.45, 7) is 0.998. The molecule has 2 amide bonds. The Morgan fingerprint density at radius 1 is 1.14 bits per heavy atom. The number of amides is 2. The van der Waals surface area contributed by atoms with Crippen LogP contribution < -0.4 is 20.1 Å². The number of aliphatic hydroxyl groups is 1. The van der Waals surface area contributed by atoms with Crippen LogP contribution in [-0.4, -0.2) is 83.2 Å². The molecule has 3 N–H and O–H groups in total. The SMILES string of the molecule is COC(=O)c1ccc(NC(=O)c2nc(NC(O)CCCOc3cc4c(cc3OC)C(=O)N3CCCC[C@H]3C=N4)cn2C)cc1. The second kappa shape index (κ2) is 13.6. The second-order valence-electron chi connectivity index (χ2n) is 10.6. The first-order valence-corrected chi connectivity index (χ1v) is 14.4. The molecule has 13 nitrogen and oxygen atoms in total. The number of hydrogen-bond acceptors (Lipinski definition) is 10. The van der Waals surface area contributed by atoms with Crippen molar-refractivity contribution >= 4 is 41.2 Å². The molecule has 0 radical (unpaired) electrons. The first kappa shape index (κ1) is 30.5. The standard InChI is InChI=1S/C31H36N6O7/c1-36-18-26(35-28(36)29(39)33-20-11-9-19(10-12-20)31(41)43-3)34-27(38)8-6-14-44-25-16-23-22(15-24(25)42-2)30(40)37-13-5-4-7-21(37)17-32-23/h9-12,15-18,21,27,34,38H,4-8,13-14H2,1-3H3,(H,33,39)/t21-,27?/m0/s1. The number of piperidine rings is 1. The summed E-state index contributed by atoms with van der Waals surface area (Å²) in [6, 6.07) is 9.70. The number of rotatable bonds is 11. The number of carbonyl (C=O) groups is 3. The fraction of sp³-hybridized carbons (Fsp3) is 0.387. The van der Waals surface area contributed by atoms with Crippen LogP contribution in [0.1, 0.15) is 63.4 Å². The van der Waals surface area contributed by atoms with Gasteiger partial charge in [-0.15, -0.1) is 0 Å². The number of aromatic nitrogens is 2. The van der Waals surface area contributed by atoms with E-state index >= 15 is 0 Å². The van der Waals surface area contributed by atoms with Gasteiger partial charge >= 0.3 is 5.97 Å². The number of anilines is 2. The topological polar surface area (TPSA) is 157 Å². The number of nitrogens with zero attached hydrogens (tertiary/aromatic N) is 4. The Hall–Kier alpha value is -4.91. The minimum atomic E-state index is -0.941. The lowest BCUT2D eigenvalue weighted by Crippen LogP contribution is -2.43. The number of ether oxygens (including phenoxy) is 3. The third-order valence-corrected chi connectivity index (χ3v) is 7.55. The number of fused-ring (bicyclic) bond motifs is 2. The summed E-state index contributed by atoms with van der Waals surface area (Å²) in [4.78, 5) is 48.3. The molecular weight excluding hydrogens is 568 g/mol. The molecule has 13 heteroatoms. The number of esters is 1. The van der Waals surface area contributed by atoms with Crippen LogP contribution in [0.5, 0.6) is 11.5 Å². The van der Waals surface area contributed by atoms with Gasteiger partial charge in [-0.3, -0.25) is 14.6 Å². The maximum atomic E-state index is 13.2. The minimum absolute atomic E-state index is 0.00394. The molecule has 1 fully saturated rings. The van der Waals surface area contributed by atoms with Crippen LogP contribution in [-0.2, 0) is 11.8 Å². The molecule has 2 atom stereocenters. The number of aryl methyl sites for hydroxylation is 1. The molecule has 5 rings (SSSR count). The van der Waals surface area contributed by atoms with Crippen molar-refractivity contribution in [3.8, 4) is 11.5 Å². The summed E-state index contributed by atoms with van der Waals surface area (Å²) in [6.07, 6.45) is 6.30. The van der Waals surface area contributed by atoms with E-state index in [1.165, 1.54) is 14.2 Å². The smallest absolute Gasteiger partial charge is 0.337 e. The Labute approximate surface area is 254 Å². The van der Waals surface area contributed by atoms with Crippen LogP contribution in [0.3, 0.4) is 0 Å².